The van der Waals surface area contributed by atoms with E-state index in [1.807, 2.05) is 0 Å². The summed E-state index contributed by atoms with van der Waals surface area (Å²) in [5, 5.41) is 13.6. The molecule has 0 radical (unpaired) electrons. The number of nitrogens with zero attached hydrogens (tertiary/aromatic N) is 1. The van der Waals surface area contributed by atoms with Crippen molar-refractivity contribution in [2.24, 2.45) is 0 Å². The normalized spacial score (nSPS) is 20.6. The Labute approximate surface area is 99.7 Å². The summed E-state index contributed by atoms with van der Waals surface area (Å²) in [6, 6.07) is 0. The zero-order chi connectivity index (χ0) is 11.5. The second-order valence-electron chi connectivity index (χ2n) is 4.38. The Balaban J connectivity index is 1.91. The predicted octanol–water partition coefficient (Wildman–Crippen LogP) is 2.56. The molecule has 1 atom stereocenters. The Bertz CT molecular complexity index is 346. The van der Waals surface area contributed by atoms with Gasteiger partial charge in [0.25, 0.3) is 0 Å². The maximum atomic E-state index is 9.62. The fourth-order valence-electron chi connectivity index (χ4n) is 1.78. The number of anilines is 1. The lowest BCUT2D eigenvalue weighted by atomic mass is 10.2. The second-order valence-corrected chi connectivity index (χ2v) is 5.41. The van der Waals surface area contributed by atoms with E-state index in [-0.39, 0.29) is 5.88 Å². The Morgan fingerprint density at radius 2 is 2.44 bits per heavy atom. The summed E-state index contributed by atoms with van der Waals surface area (Å²) < 4.78 is 5.51. The van der Waals surface area contributed by atoms with Gasteiger partial charge < -0.3 is 15.2 Å². The van der Waals surface area contributed by atoms with E-state index < -0.39 is 0 Å². The van der Waals surface area contributed by atoms with Crippen molar-refractivity contribution in [2.45, 2.75) is 38.7 Å². The third kappa shape index (κ3) is 2.65. The van der Waals surface area contributed by atoms with Gasteiger partial charge in [-0.3, -0.25) is 0 Å². The standard InChI is InChI=1S/C11H18N2O2S/c1-7(2)9-10(14)13-11(16-9)12-6-8-4-3-5-15-8/h7-8,14H,3-6H2,1-2H3,(H,12,13)/t8-/m1/s1. The van der Waals surface area contributed by atoms with Crippen molar-refractivity contribution in [3.05, 3.63) is 4.88 Å². The highest BCUT2D eigenvalue weighted by Gasteiger charge is 2.17. The molecule has 2 heterocycles. The van der Waals surface area contributed by atoms with Gasteiger partial charge in [-0.1, -0.05) is 25.2 Å². The fourth-order valence-corrected chi connectivity index (χ4v) is 2.65. The van der Waals surface area contributed by atoms with E-state index in [0.29, 0.717) is 12.0 Å². The summed E-state index contributed by atoms with van der Waals surface area (Å²) in [5.41, 5.74) is 0. The van der Waals surface area contributed by atoms with Crippen LogP contribution in [-0.2, 0) is 4.74 Å². The van der Waals surface area contributed by atoms with E-state index >= 15 is 0 Å². The largest absolute Gasteiger partial charge is 0.492 e. The lowest BCUT2D eigenvalue weighted by Gasteiger charge is -2.08. The lowest BCUT2D eigenvalue weighted by molar-refractivity contribution is 0.120. The van der Waals surface area contributed by atoms with E-state index in [0.717, 1.165) is 36.0 Å². The SMILES string of the molecule is CC(C)c1sc(NC[C@H]2CCCO2)nc1O. The Hall–Kier alpha value is -0.810. The van der Waals surface area contributed by atoms with Gasteiger partial charge in [0.05, 0.1) is 11.0 Å². The third-order valence-electron chi connectivity index (χ3n) is 2.66. The van der Waals surface area contributed by atoms with Gasteiger partial charge in [-0.05, 0) is 18.8 Å². The maximum Gasteiger partial charge on any atom is 0.227 e. The minimum atomic E-state index is 0.162. The van der Waals surface area contributed by atoms with Gasteiger partial charge >= 0.3 is 0 Å². The quantitative estimate of drug-likeness (QED) is 0.852. The summed E-state index contributed by atoms with van der Waals surface area (Å²) in [7, 11) is 0. The zero-order valence-corrected chi connectivity index (χ0v) is 10.5. The van der Waals surface area contributed by atoms with Gasteiger partial charge in [0.2, 0.25) is 5.88 Å². The van der Waals surface area contributed by atoms with E-state index in [2.05, 4.69) is 24.1 Å². The molecule has 0 aromatic carbocycles. The highest BCUT2D eigenvalue weighted by molar-refractivity contribution is 7.16. The Morgan fingerprint density at radius 1 is 1.62 bits per heavy atom. The van der Waals surface area contributed by atoms with Crippen LogP contribution in [-0.4, -0.2) is 29.3 Å². The van der Waals surface area contributed by atoms with Gasteiger partial charge in [0, 0.05) is 13.2 Å². The van der Waals surface area contributed by atoms with Gasteiger partial charge in [0.1, 0.15) is 0 Å². The van der Waals surface area contributed by atoms with Crippen molar-refractivity contribution in [3.8, 4) is 5.88 Å². The van der Waals surface area contributed by atoms with Crippen LogP contribution in [0.4, 0.5) is 5.13 Å². The molecular formula is C11H18N2O2S. The summed E-state index contributed by atoms with van der Waals surface area (Å²) in [4.78, 5) is 5.04. The summed E-state index contributed by atoms with van der Waals surface area (Å²) in [5.74, 6) is 0.477. The first kappa shape index (κ1) is 11.7. The molecule has 4 nitrogen and oxygen atoms in total. The first-order chi connectivity index (χ1) is 7.66. The molecule has 1 fully saturated rings. The molecule has 2 N–H and O–H groups in total. The fraction of sp³-hybridized carbons (Fsp3) is 0.727. The average molecular weight is 242 g/mol. The highest BCUT2D eigenvalue weighted by Crippen LogP contribution is 2.33. The monoisotopic (exact) mass is 242 g/mol. The molecule has 1 aromatic rings. The maximum absolute atomic E-state index is 9.62. The van der Waals surface area contributed by atoms with Crippen LogP contribution in [0.5, 0.6) is 5.88 Å². The number of hydrogen-bond acceptors (Lipinski definition) is 5. The molecule has 0 bridgehead atoms. The molecule has 16 heavy (non-hydrogen) atoms. The molecule has 0 spiro atoms. The predicted molar refractivity (Wildman–Crippen MR) is 65.3 cm³/mol. The number of aromatic nitrogens is 1. The van der Waals surface area contributed by atoms with Crippen LogP contribution in [0.25, 0.3) is 0 Å². The van der Waals surface area contributed by atoms with Crippen LogP contribution < -0.4 is 5.32 Å². The summed E-state index contributed by atoms with van der Waals surface area (Å²) in [6.07, 6.45) is 2.56. The van der Waals surface area contributed by atoms with Crippen LogP contribution in [0.1, 0.15) is 37.5 Å². The number of thiazole rings is 1. The molecule has 0 unspecified atom stereocenters. The van der Waals surface area contributed by atoms with Crippen LogP contribution in [0, 0.1) is 0 Å². The van der Waals surface area contributed by atoms with Crippen LogP contribution in [0.3, 0.4) is 0 Å². The van der Waals surface area contributed by atoms with Crippen LogP contribution in [0.15, 0.2) is 0 Å². The summed E-state index contributed by atoms with van der Waals surface area (Å²) >= 11 is 1.52. The van der Waals surface area contributed by atoms with Crippen LogP contribution in [0.2, 0.25) is 0 Å². The van der Waals surface area contributed by atoms with Gasteiger partial charge in [-0.15, -0.1) is 0 Å². The van der Waals surface area contributed by atoms with Gasteiger partial charge in [-0.25, -0.2) is 0 Å². The highest BCUT2D eigenvalue weighted by atomic mass is 32.1. The number of hydrogen-bond donors (Lipinski definition) is 2. The first-order valence-electron chi connectivity index (χ1n) is 5.72. The minimum Gasteiger partial charge on any atom is -0.492 e. The Kier molecular flexibility index (Phi) is 3.66. The van der Waals surface area contributed by atoms with Crippen molar-refractivity contribution in [1.82, 2.24) is 4.98 Å². The molecule has 90 valence electrons. The molecule has 5 heteroatoms. The topological polar surface area (TPSA) is 54.4 Å². The molecule has 2 rings (SSSR count). The molecule has 1 aliphatic rings. The van der Waals surface area contributed by atoms with Gasteiger partial charge in [-0.2, -0.15) is 4.98 Å². The van der Waals surface area contributed by atoms with Crippen LogP contribution >= 0.6 is 11.3 Å². The van der Waals surface area contributed by atoms with E-state index in [4.69, 9.17) is 4.74 Å². The van der Waals surface area contributed by atoms with Crippen molar-refractivity contribution >= 4 is 16.5 Å². The molecule has 1 saturated heterocycles. The molecule has 0 aliphatic carbocycles. The minimum absolute atomic E-state index is 0.162. The second kappa shape index (κ2) is 5.01. The zero-order valence-electron chi connectivity index (χ0n) is 9.69. The molecule has 0 saturated carbocycles. The number of aromatic hydroxyl groups is 1. The lowest BCUT2D eigenvalue weighted by Crippen LogP contribution is -2.18. The molecule has 1 aromatic heterocycles. The van der Waals surface area contributed by atoms with Crippen molar-refractivity contribution in [2.75, 3.05) is 18.5 Å². The smallest absolute Gasteiger partial charge is 0.227 e. The number of rotatable bonds is 4. The molecular weight excluding hydrogens is 224 g/mol. The number of nitrogens with one attached hydrogen (secondary N) is 1. The molecule has 0 amide bonds. The number of ether oxygens (including phenoxy) is 1. The van der Waals surface area contributed by atoms with Crippen molar-refractivity contribution < 1.29 is 9.84 Å². The summed E-state index contributed by atoms with van der Waals surface area (Å²) in [6.45, 7) is 5.76. The van der Waals surface area contributed by atoms with Crippen molar-refractivity contribution in [1.29, 1.82) is 0 Å². The Morgan fingerprint density at radius 3 is 3.00 bits per heavy atom. The van der Waals surface area contributed by atoms with Gasteiger partial charge in [0.15, 0.2) is 5.13 Å². The third-order valence-corrected chi connectivity index (χ3v) is 3.97. The van der Waals surface area contributed by atoms with E-state index in [9.17, 15) is 5.11 Å². The van der Waals surface area contributed by atoms with Crippen molar-refractivity contribution in [3.63, 3.8) is 0 Å². The van der Waals surface area contributed by atoms with E-state index in [1.165, 1.54) is 11.3 Å². The average Bonchev–Trinajstić information content (AvgIpc) is 2.83. The first-order valence-corrected chi connectivity index (χ1v) is 6.53. The molecule has 1 aliphatic heterocycles. The van der Waals surface area contributed by atoms with E-state index in [1.54, 1.807) is 0 Å².